The number of benzene rings is 2. The van der Waals surface area contributed by atoms with Crippen LogP contribution in [0.15, 0.2) is 48.5 Å². The second kappa shape index (κ2) is 6.81. The van der Waals surface area contributed by atoms with E-state index in [0.717, 1.165) is 30.5 Å². The molecule has 0 radical (unpaired) electrons. The maximum atomic E-state index is 13.2. The number of rotatable bonds is 5. The number of nitrogens with zero attached hydrogens (tertiary/aromatic N) is 2. The van der Waals surface area contributed by atoms with Crippen LogP contribution < -0.4 is 0 Å². The Morgan fingerprint density at radius 2 is 1.88 bits per heavy atom. The highest BCUT2D eigenvalue weighted by Gasteiger charge is 2.24. The Bertz CT molecular complexity index is 883. The van der Waals surface area contributed by atoms with Crippen LogP contribution >= 0.6 is 0 Å². The van der Waals surface area contributed by atoms with Gasteiger partial charge in [-0.15, -0.1) is 0 Å². The van der Waals surface area contributed by atoms with Crippen LogP contribution in [0, 0.1) is 5.82 Å². The highest BCUT2D eigenvalue weighted by molar-refractivity contribution is 5.70. The minimum atomic E-state index is -0.206. The predicted octanol–water partition coefficient (Wildman–Crippen LogP) is 4.37. The van der Waals surface area contributed by atoms with Crippen molar-refractivity contribution in [2.24, 2.45) is 0 Å². The van der Waals surface area contributed by atoms with Crippen molar-refractivity contribution in [1.29, 1.82) is 0 Å². The SMILES string of the molecule is CCOCn1nc2c(c1Cc1ccc(F)cc1)CCc1ccccc1-2. The van der Waals surface area contributed by atoms with Gasteiger partial charge in [0.05, 0.1) is 5.69 Å². The fraction of sp³-hybridized carbons (Fsp3) is 0.286. The predicted molar refractivity (Wildman–Crippen MR) is 95.9 cm³/mol. The van der Waals surface area contributed by atoms with E-state index in [-0.39, 0.29) is 5.82 Å². The lowest BCUT2D eigenvalue weighted by atomic mass is 9.88. The lowest BCUT2D eigenvalue weighted by Gasteiger charge is -2.16. The Labute approximate surface area is 147 Å². The van der Waals surface area contributed by atoms with Gasteiger partial charge in [-0.1, -0.05) is 36.4 Å². The Morgan fingerprint density at radius 1 is 1.08 bits per heavy atom. The monoisotopic (exact) mass is 336 g/mol. The maximum absolute atomic E-state index is 13.2. The van der Waals surface area contributed by atoms with Crippen molar-refractivity contribution in [2.45, 2.75) is 32.9 Å². The van der Waals surface area contributed by atoms with Crippen molar-refractivity contribution < 1.29 is 9.13 Å². The summed E-state index contributed by atoms with van der Waals surface area (Å²) in [6.45, 7) is 3.08. The summed E-state index contributed by atoms with van der Waals surface area (Å²) in [4.78, 5) is 0. The topological polar surface area (TPSA) is 27.1 Å². The van der Waals surface area contributed by atoms with Gasteiger partial charge < -0.3 is 4.74 Å². The molecule has 0 spiro atoms. The van der Waals surface area contributed by atoms with Crippen LogP contribution in [-0.2, 0) is 30.7 Å². The second-order valence-electron chi connectivity index (χ2n) is 6.36. The van der Waals surface area contributed by atoms with Crippen LogP contribution in [0.25, 0.3) is 11.3 Å². The minimum Gasteiger partial charge on any atom is -0.360 e. The molecule has 0 saturated carbocycles. The lowest BCUT2D eigenvalue weighted by Crippen LogP contribution is -2.10. The van der Waals surface area contributed by atoms with Crippen molar-refractivity contribution in [1.82, 2.24) is 9.78 Å². The fourth-order valence-electron chi connectivity index (χ4n) is 3.52. The highest BCUT2D eigenvalue weighted by atomic mass is 19.1. The molecule has 0 unspecified atom stereocenters. The number of hydrogen-bond acceptors (Lipinski definition) is 2. The van der Waals surface area contributed by atoms with Crippen LogP contribution in [0.4, 0.5) is 4.39 Å². The van der Waals surface area contributed by atoms with Gasteiger partial charge in [0.1, 0.15) is 12.5 Å². The molecular weight excluding hydrogens is 315 g/mol. The first-order valence-electron chi connectivity index (χ1n) is 8.75. The van der Waals surface area contributed by atoms with E-state index in [0.29, 0.717) is 13.3 Å². The average Bonchev–Trinajstić information content (AvgIpc) is 3.00. The molecule has 2 aromatic carbocycles. The molecule has 4 rings (SSSR count). The summed E-state index contributed by atoms with van der Waals surface area (Å²) in [6.07, 6.45) is 2.74. The molecule has 0 aliphatic heterocycles. The number of fused-ring (bicyclic) bond motifs is 3. The van der Waals surface area contributed by atoms with E-state index in [9.17, 15) is 4.39 Å². The Morgan fingerprint density at radius 3 is 2.68 bits per heavy atom. The smallest absolute Gasteiger partial charge is 0.139 e. The van der Waals surface area contributed by atoms with Crippen LogP contribution in [0.2, 0.25) is 0 Å². The van der Waals surface area contributed by atoms with E-state index in [1.54, 1.807) is 0 Å². The number of ether oxygens (including phenoxy) is 1. The summed E-state index contributed by atoms with van der Waals surface area (Å²) in [6, 6.07) is 15.2. The van der Waals surface area contributed by atoms with Crippen molar-refractivity contribution in [3.05, 3.63) is 76.7 Å². The lowest BCUT2D eigenvalue weighted by molar-refractivity contribution is 0.0774. The largest absolute Gasteiger partial charge is 0.360 e. The summed E-state index contributed by atoms with van der Waals surface area (Å²) in [5, 5.41) is 4.86. The third-order valence-electron chi connectivity index (χ3n) is 4.79. The summed E-state index contributed by atoms with van der Waals surface area (Å²) >= 11 is 0. The number of aromatic nitrogens is 2. The zero-order valence-corrected chi connectivity index (χ0v) is 14.3. The van der Waals surface area contributed by atoms with Crippen molar-refractivity contribution >= 4 is 0 Å². The molecule has 0 atom stereocenters. The van der Waals surface area contributed by atoms with Gasteiger partial charge in [0.2, 0.25) is 0 Å². The number of hydrogen-bond donors (Lipinski definition) is 0. The number of halogens is 1. The molecule has 0 fully saturated rings. The second-order valence-corrected chi connectivity index (χ2v) is 6.36. The van der Waals surface area contributed by atoms with Gasteiger partial charge in [-0.3, -0.25) is 0 Å². The van der Waals surface area contributed by atoms with Gasteiger partial charge in [0.25, 0.3) is 0 Å². The van der Waals surface area contributed by atoms with Crippen molar-refractivity contribution in [2.75, 3.05) is 6.61 Å². The van der Waals surface area contributed by atoms with Gasteiger partial charge in [-0.2, -0.15) is 5.10 Å². The standard InChI is InChI=1S/C21H21FN2O/c1-2-25-14-24-20(13-15-7-10-17(22)11-8-15)19-12-9-16-5-3-4-6-18(16)21(19)23-24/h3-8,10-11H,2,9,12-14H2,1H3. The molecule has 4 heteroatoms. The molecule has 0 bridgehead atoms. The molecule has 0 amide bonds. The normalized spacial score (nSPS) is 12.7. The van der Waals surface area contributed by atoms with Crippen molar-refractivity contribution in [3.63, 3.8) is 0 Å². The van der Waals surface area contributed by atoms with Gasteiger partial charge in [-0.05, 0) is 43.0 Å². The molecule has 1 aromatic heterocycles. The maximum Gasteiger partial charge on any atom is 0.139 e. The van der Waals surface area contributed by atoms with Gasteiger partial charge in [0.15, 0.2) is 0 Å². The molecule has 128 valence electrons. The van der Waals surface area contributed by atoms with E-state index in [4.69, 9.17) is 9.84 Å². The van der Waals surface area contributed by atoms with E-state index < -0.39 is 0 Å². The highest BCUT2D eigenvalue weighted by Crippen LogP contribution is 2.35. The molecule has 1 aliphatic carbocycles. The zero-order chi connectivity index (χ0) is 17.2. The molecule has 0 N–H and O–H groups in total. The molecule has 1 aliphatic rings. The van der Waals surface area contributed by atoms with E-state index in [1.807, 2.05) is 23.7 Å². The first-order chi connectivity index (χ1) is 12.3. The first-order valence-corrected chi connectivity index (χ1v) is 8.75. The Hall–Kier alpha value is -2.46. The third kappa shape index (κ3) is 3.10. The van der Waals surface area contributed by atoms with Gasteiger partial charge in [-0.25, -0.2) is 9.07 Å². The molecule has 3 aromatic rings. The quantitative estimate of drug-likeness (QED) is 0.692. The molecular formula is C21H21FN2O. The minimum absolute atomic E-state index is 0.206. The summed E-state index contributed by atoms with van der Waals surface area (Å²) in [7, 11) is 0. The first kappa shape index (κ1) is 16.0. The molecule has 3 nitrogen and oxygen atoms in total. The van der Waals surface area contributed by atoms with E-state index in [1.165, 1.54) is 34.5 Å². The summed E-state index contributed by atoms with van der Waals surface area (Å²) in [5.74, 6) is -0.206. The Kier molecular flexibility index (Phi) is 4.36. The zero-order valence-electron chi connectivity index (χ0n) is 14.3. The van der Waals surface area contributed by atoms with Crippen molar-refractivity contribution in [3.8, 4) is 11.3 Å². The Balaban J connectivity index is 1.77. The average molecular weight is 336 g/mol. The van der Waals surface area contributed by atoms with E-state index in [2.05, 4.69) is 24.3 Å². The fourth-order valence-corrected chi connectivity index (χ4v) is 3.52. The van der Waals surface area contributed by atoms with Crippen LogP contribution in [0.1, 0.15) is 29.3 Å². The number of aryl methyl sites for hydroxylation is 1. The molecule has 0 saturated heterocycles. The molecule has 25 heavy (non-hydrogen) atoms. The van der Waals surface area contributed by atoms with Gasteiger partial charge >= 0.3 is 0 Å². The molecule has 1 heterocycles. The summed E-state index contributed by atoms with van der Waals surface area (Å²) < 4.78 is 20.8. The van der Waals surface area contributed by atoms with Crippen LogP contribution in [0.3, 0.4) is 0 Å². The van der Waals surface area contributed by atoms with Gasteiger partial charge in [0, 0.05) is 29.8 Å². The third-order valence-corrected chi connectivity index (χ3v) is 4.79. The van der Waals surface area contributed by atoms with E-state index >= 15 is 0 Å². The van der Waals surface area contributed by atoms with Crippen LogP contribution in [-0.4, -0.2) is 16.4 Å². The summed E-state index contributed by atoms with van der Waals surface area (Å²) in [5.41, 5.74) is 7.19. The van der Waals surface area contributed by atoms with Crippen LogP contribution in [0.5, 0.6) is 0 Å².